The summed E-state index contributed by atoms with van der Waals surface area (Å²) in [4.78, 5) is 42.2. The smallest absolute Gasteiger partial charge is 0.258 e. The number of carbonyl (C=O) groups is 1. The van der Waals surface area contributed by atoms with Gasteiger partial charge in [-0.1, -0.05) is 11.6 Å². The molecule has 0 atom stereocenters. The van der Waals surface area contributed by atoms with Crippen molar-refractivity contribution in [2.45, 2.75) is 95.4 Å². The van der Waals surface area contributed by atoms with Gasteiger partial charge in [-0.15, -0.1) is 11.3 Å². The van der Waals surface area contributed by atoms with Crippen LogP contribution in [0.3, 0.4) is 0 Å². The van der Waals surface area contributed by atoms with Crippen LogP contribution in [0.25, 0.3) is 21.3 Å². The molecule has 0 amide bonds. The van der Waals surface area contributed by atoms with Crippen molar-refractivity contribution in [3.63, 3.8) is 0 Å². The van der Waals surface area contributed by atoms with Gasteiger partial charge in [-0.05, 0) is 145 Å². The van der Waals surface area contributed by atoms with E-state index in [0.29, 0.717) is 22.5 Å². The Morgan fingerprint density at radius 3 is 2.36 bits per heavy atom. The van der Waals surface area contributed by atoms with Gasteiger partial charge in [-0.2, -0.15) is 19.4 Å². The first-order chi connectivity index (χ1) is 28.6. The molecule has 3 fully saturated rings. The lowest BCUT2D eigenvalue weighted by Crippen LogP contribution is -2.34. The molecule has 310 valence electrons. The number of aromatic nitrogens is 6. The first kappa shape index (κ1) is 40.0. The van der Waals surface area contributed by atoms with Crippen molar-refractivity contribution in [1.82, 2.24) is 33.8 Å². The number of ketones is 1. The van der Waals surface area contributed by atoms with Crippen LogP contribution in [0, 0.1) is 12.8 Å². The Bertz CT molecular complexity index is 2430. The number of aliphatic hydroxyl groups excluding tert-OH is 1. The fourth-order valence-electron chi connectivity index (χ4n) is 8.51. The fourth-order valence-corrected chi connectivity index (χ4v) is 10.3. The van der Waals surface area contributed by atoms with E-state index in [4.69, 9.17) is 36.4 Å². The van der Waals surface area contributed by atoms with E-state index >= 15 is 0 Å². The molecule has 14 nitrogen and oxygen atoms in total. The standard InChI is InChI=1S/C42H50ClN11O3S2/c1-24-22-35(59-51-24)54(42-48-33-16-20-53(3)36(33)39(50-42)44-26-4-9-29(55)10-5-26)57-30-11-6-27(7-12-30)45-40-38-34(17-21-58-38)47-41(49-40)46-28-8-13-31(32(43)23-28)37(56)25-14-18-52(2)19-15-25/h8,13,16-17,20-23,25-27,29-30,55H,4-7,9-12,14-15,18-19H2,1-3H3,(H,44,48,50)(H2,45,46,47,49). The molecule has 0 spiro atoms. The largest absolute Gasteiger partial charge is 0.393 e. The summed E-state index contributed by atoms with van der Waals surface area (Å²) in [6, 6.07) is 11.9. The number of Topliss-reactive ketones (excluding diaryl/α,β-unsaturated/α-hetero) is 1. The maximum absolute atomic E-state index is 13.3. The number of piperidine rings is 1. The van der Waals surface area contributed by atoms with E-state index in [9.17, 15) is 9.90 Å². The third-order valence-corrected chi connectivity index (χ3v) is 14.0. The zero-order valence-electron chi connectivity index (χ0n) is 33.5. The van der Waals surface area contributed by atoms with E-state index in [2.05, 4.69) is 32.3 Å². The lowest BCUT2D eigenvalue weighted by molar-refractivity contribution is 0.0251. The molecule has 1 aliphatic heterocycles. The maximum atomic E-state index is 13.3. The molecule has 17 heteroatoms. The van der Waals surface area contributed by atoms with Crippen LogP contribution in [0.1, 0.15) is 80.3 Å². The first-order valence-corrected chi connectivity index (χ1v) is 22.7. The molecule has 6 heterocycles. The van der Waals surface area contributed by atoms with Crippen molar-refractivity contribution < 1.29 is 14.7 Å². The number of benzene rings is 1. The Labute approximate surface area is 356 Å². The third kappa shape index (κ3) is 8.89. The minimum absolute atomic E-state index is 0.00140. The molecular formula is C42H50ClN11O3S2. The number of fused-ring (bicyclic) bond motifs is 2. The molecule has 2 saturated carbocycles. The average Bonchev–Trinajstić information content (AvgIpc) is 3.99. The van der Waals surface area contributed by atoms with Crippen LogP contribution in [-0.2, 0) is 11.9 Å². The molecular weight excluding hydrogens is 806 g/mol. The number of thiophene rings is 1. The number of carbonyl (C=O) groups excluding carboxylic acids is 1. The normalized spacial score (nSPS) is 21.8. The van der Waals surface area contributed by atoms with Gasteiger partial charge >= 0.3 is 0 Å². The number of anilines is 6. The molecule has 59 heavy (non-hydrogen) atoms. The highest BCUT2D eigenvalue weighted by atomic mass is 35.5. The topological polar surface area (TPSA) is 158 Å². The Morgan fingerprint density at radius 2 is 1.63 bits per heavy atom. The molecule has 3 aliphatic rings. The van der Waals surface area contributed by atoms with Gasteiger partial charge in [-0.25, -0.2) is 9.97 Å². The van der Waals surface area contributed by atoms with Crippen molar-refractivity contribution in [2.75, 3.05) is 41.2 Å². The second kappa shape index (κ2) is 17.3. The van der Waals surface area contributed by atoms with Crippen LogP contribution in [-0.4, -0.2) is 89.1 Å². The molecule has 4 N–H and O–H groups in total. The van der Waals surface area contributed by atoms with Gasteiger partial charge in [0, 0.05) is 42.5 Å². The predicted molar refractivity (Wildman–Crippen MR) is 237 cm³/mol. The summed E-state index contributed by atoms with van der Waals surface area (Å²) < 4.78 is 7.61. The first-order valence-electron chi connectivity index (χ1n) is 20.6. The lowest BCUT2D eigenvalue weighted by Gasteiger charge is -2.32. The van der Waals surface area contributed by atoms with Gasteiger partial charge in [0.05, 0.1) is 38.7 Å². The lowest BCUT2D eigenvalue weighted by atomic mass is 9.89. The number of nitrogens with one attached hydrogen (secondary N) is 3. The van der Waals surface area contributed by atoms with Crippen molar-refractivity contribution in [3.05, 3.63) is 64.3 Å². The summed E-state index contributed by atoms with van der Waals surface area (Å²) in [6.45, 7) is 3.81. The minimum Gasteiger partial charge on any atom is -0.393 e. The van der Waals surface area contributed by atoms with Crippen molar-refractivity contribution >= 4 is 95.7 Å². The molecule has 1 aromatic carbocycles. The summed E-state index contributed by atoms with van der Waals surface area (Å²) in [7, 11) is 4.10. The second-order valence-corrected chi connectivity index (χ2v) is 18.4. The van der Waals surface area contributed by atoms with Gasteiger partial charge in [-0.3, -0.25) is 9.63 Å². The highest BCUT2D eigenvalue weighted by Crippen LogP contribution is 2.37. The number of aryl methyl sites for hydroxylation is 2. The van der Waals surface area contributed by atoms with Crippen molar-refractivity contribution in [3.8, 4) is 0 Å². The van der Waals surface area contributed by atoms with Crippen molar-refractivity contribution in [1.29, 1.82) is 0 Å². The number of hydrogen-bond acceptors (Lipinski definition) is 15. The van der Waals surface area contributed by atoms with E-state index in [1.54, 1.807) is 22.5 Å². The molecule has 9 rings (SSSR count). The van der Waals surface area contributed by atoms with Gasteiger partial charge in [0.15, 0.2) is 11.6 Å². The van der Waals surface area contributed by atoms with E-state index in [1.165, 1.54) is 11.5 Å². The quantitative estimate of drug-likeness (QED) is 0.0684. The summed E-state index contributed by atoms with van der Waals surface area (Å²) in [5.74, 6) is 2.59. The average molecular weight is 857 g/mol. The number of nitrogens with zero attached hydrogens (tertiary/aromatic N) is 8. The van der Waals surface area contributed by atoms with E-state index in [1.807, 2.05) is 60.4 Å². The Morgan fingerprint density at radius 1 is 0.881 bits per heavy atom. The molecule has 0 radical (unpaired) electrons. The van der Waals surface area contributed by atoms with E-state index in [-0.39, 0.29) is 36.0 Å². The van der Waals surface area contributed by atoms with Gasteiger partial charge in [0.25, 0.3) is 5.95 Å². The number of halogens is 1. The molecule has 0 unspecified atom stereocenters. The van der Waals surface area contributed by atoms with Crippen LogP contribution in [0.2, 0.25) is 5.02 Å². The number of aliphatic hydroxyl groups is 1. The van der Waals surface area contributed by atoms with Crippen LogP contribution < -0.4 is 21.0 Å². The third-order valence-electron chi connectivity index (χ3n) is 11.9. The van der Waals surface area contributed by atoms with Crippen molar-refractivity contribution in [2.24, 2.45) is 13.0 Å². The van der Waals surface area contributed by atoms with Gasteiger partial charge in [0.2, 0.25) is 5.95 Å². The summed E-state index contributed by atoms with van der Waals surface area (Å²) in [5, 5.41) is 25.9. The van der Waals surface area contributed by atoms with Gasteiger partial charge in [0.1, 0.15) is 16.3 Å². The monoisotopic (exact) mass is 855 g/mol. The molecule has 5 aromatic heterocycles. The summed E-state index contributed by atoms with van der Waals surface area (Å²) in [6.07, 6.45) is 10.1. The van der Waals surface area contributed by atoms with Crippen LogP contribution in [0.5, 0.6) is 0 Å². The predicted octanol–water partition coefficient (Wildman–Crippen LogP) is 8.87. The Kier molecular flexibility index (Phi) is 11.7. The molecule has 2 aliphatic carbocycles. The Hall–Kier alpha value is -4.45. The van der Waals surface area contributed by atoms with Crippen LogP contribution in [0.15, 0.2) is 48.0 Å². The SMILES string of the molecule is Cc1cc(N(OC2CCC(Nc3nc(Nc4ccc(C(=O)C5CCN(C)CC5)c(Cl)c4)nc4ccsc34)CC2)c2nc(NC3CCC(O)CC3)c3c(ccn3C)n2)sn1. The highest BCUT2D eigenvalue weighted by molar-refractivity contribution is 7.17. The molecule has 6 aromatic rings. The summed E-state index contributed by atoms with van der Waals surface area (Å²) >= 11 is 9.69. The number of rotatable bonds is 12. The minimum atomic E-state index is -0.234. The second-order valence-electron chi connectivity index (χ2n) is 16.3. The number of hydrogen-bond donors (Lipinski definition) is 4. The van der Waals surface area contributed by atoms with E-state index < -0.39 is 0 Å². The zero-order chi connectivity index (χ0) is 40.6. The van der Waals surface area contributed by atoms with Gasteiger partial charge < -0.3 is 30.5 Å². The van der Waals surface area contributed by atoms with Crippen LogP contribution >= 0.6 is 34.5 Å². The Balaban J connectivity index is 0.882. The molecule has 0 bridgehead atoms. The number of likely N-dealkylation sites (tertiary alicyclic amines) is 1. The highest BCUT2D eigenvalue weighted by Gasteiger charge is 2.30. The molecule has 1 saturated heterocycles. The maximum Gasteiger partial charge on any atom is 0.258 e. The zero-order valence-corrected chi connectivity index (χ0v) is 35.9. The summed E-state index contributed by atoms with van der Waals surface area (Å²) in [5.41, 5.74) is 4.82. The van der Waals surface area contributed by atoms with Crippen LogP contribution in [0.4, 0.5) is 34.2 Å². The fraction of sp³-hybridized carbons (Fsp3) is 0.476. The van der Waals surface area contributed by atoms with E-state index in [0.717, 1.165) is 127 Å².